The van der Waals surface area contributed by atoms with Crippen LogP contribution in [-0.2, 0) is 9.53 Å². The van der Waals surface area contributed by atoms with E-state index in [2.05, 4.69) is 5.92 Å². The Labute approximate surface area is 127 Å². The molecule has 0 unspecified atom stereocenters. The number of aromatic nitrogens is 1. The molecule has 22 heavy (non-hydrogen) atoms. The molecule has 1 rings (SSSR count). The van der Waals surface area contributed by atoms with Gasteiger partial charge in [0.2, 0.25) is 11.8 Å². The Bertz CT molecular complexity index is 574. The normalized spacial score (nSPS) is 10.6. The molecular formula is C14H18N2O6. The van der Waals surface area contributed by atoms with Gasteiger partial charge in [-0.2, -0.15) is 0 Å². The molecule has 0 aliphatic carbocycles. The molecule has 0 aliphatic heterocycles. The highest BCUT2D eigenvalue weighted by Gasteiger charge is 2.24. The van der Waals surface area contributed by atoms with Gasteiger partial charge in [0.15, 0.2) is 0 Å². The molecule has 0 bridgehead atoms. The fourth-order valence-corrected chi connectivity index (χ4v) is 1.40. The maximum atomic E-state index is 11.9. The summed E-state index contributed by atoms with van der Waals surface area (Å²) >= 11 is 0. The molecule has 8 heteroatoms. The molecule has 0 saturated carbocycles. The van der Waals surface area contributed by atoms with Gasteiger partial charge in [0, 0.05) is 12.1 Å². The van der Waals surface area contributed by atoms with E-state index in [-0.39, 0.29) is 6.54 Å². The third-order valence-corrected chi connectivity index (χ3v) is 2.24. The van der Waals surface area contributed by atoms with Gasteiger partial charge in [-0.25, -0.2) is 9.59 Å². The number of amides is 1. The highest BCUT2D eigenvalue weighted by molar-refractivity contribution is 5.78. The first kappa shape index (κ1) is 17.2. The molecule has 1 amide bonds. The van der Waals surface area contributed by atoms with Crippen LogP contribution in [0.5, 0.6) is 11.8 Å². The predicted molar refractivity (Wildman–Crippen MR) is 76.0 cm³/mol. The number of carbonyl (C=O) groups excluding carboxylic acids is 2. The van der Waals surface area contributed by atoms with Crippen LogP contribution < -0.4 is 4.84 Å². The summed E-state index contributed by atoms with van der Waals surface area (Å²) in [5.41, 5.74) is -0.745. The average Bonchev–Trinajstić information content (AvgIpc) is 2.68. The van der Waals surface area contributed by atoms with Gasteiger partial charge in [-0.3, -0.25) is 4.90 Å². The number of rotatable bonds is 4. The van der Waals surface area contributed by atoms with Gasteiger partial charge in [0.05, 0.1) is 6.54 Å². The maximum absolute atomic E-state index is 11.9. The molecule has 0 spiro atoms. The van der Waals surface area contributed by atoms with Crippen molar-refractivity contribution in [3.8, 4) is 24.1 Å². The molecule has 0 aliphatic rings. The molecule has 0 fully saturated rings. The fourth-order valence-electron chi connectivity index (χ4n) is 1.40. The van der Waals surface area contributed by atoms with Crippen LogP contribution in [0, 0.1) is 12.3 Å². The van der Waals surface area contributed by atoms with Crippen molar-refractivity contribution in [3.63, 3.8) is 0 Å². The first-order valence-corrected chi connectivity index (χ1v) is 6.36. The molecule has 0 atom stereocenters. The number of carbonyl (C=O) groups is 2. The summed E-state index contributed by atoms with van der Waals surface area (Å²) in [5, 5.41) is 18.7. The molecule has 120 valence electrons. The number of ether oxygens (including phenoxy) is 1. The summed E-state index contributed by atoms with van der Waals surface area (Å²) < 4.78 is 5.63. The largest absolute Gasteiger partial charge is 0.492 e. The standard InChI is InChI=1S/C14H18N2O6/c1-5-8-15(13(20)21-14(2,3)4)9-12(19)22-16-10(17)6-7-11(16)18/h1,6-7,17-18H,8-9H2,2-4H3. The van der Waals surface area contributed by atoms with Crippen LogP contribution in [0.4, 0.5) is 4.79 Å². The topological polar surface area (TPSA) is 101 Å². The fraction of sp³-hybridized carbons (Fsp3) is 0.429. The highest BCUT2D eigenvalue weighted by atomic mass is 16.7. The quantitative estimate of drug-likeness (QED) is 0.795. The van der Waals surface area contributed by atoms with Gasteiger partial charge in [0.1, 0.15) is 12.1 Å². The predicted octanol–water partition coefficient (Wildman–Crippen LogP) is 0.725. The average molecular weight is 310 g/mol. The van der Waals surface area contributed by atoms with E-state index in [9.17, 15) is 19.8 Å². The Kier molecular flexibility index (Phi) is 5.29. The van der Waals surface area contributed by atoms with Gasteiger partial charge in [0.25, 0.3) is 0 Å². The molecular weight excluding hydrogens is 292 g/mol. The number of terminal acetylenes is 1. The monoisotopic (exact) mass is 310 g/mol. The zero-order valence-electron chi connectivity index (χ0n) is 12.6. The van der Waals surface area contributed by atoms with E-state index < -0.39 is 36.0 Å². The molecule has 0 aromatic carbocycles. The number of nitrogens with zero attached hydrogens (tertiary/aromatic N) is 2. The zero-order chi connectivity index (χ0) is 16.9. The van der Waals surface area contributed by atoms with E-state index in [0.717, 1.165) is 17.0 Å². The highest BCUT2D eigenvalue weighted by Crippen LogP contribution is 2.18. The maximum Gasteiger partial charge on any atom is 0.411 e. The Hall–Kier alpha value is -2.82. The number of aromatic hydroxyl groups is 2. The molecule has 0 saturated heterocycles. The van der Waals surface area contributed by atoms with Crippen LogP contribution in [0.3, 0.4) is 0 Å². The minimum absolute atomic E-state index is 0.159. The van der Waals surface area contributed by atoms with Crippen LogP contribution in [0.1, 0.15) is 20.8 Å². The molecule has 2 N–H and O–H groups in total. The van der Waals surface area contributed by atoms with Crippen molar-refractivity contribution in [1.29, 1.82) is 0 Å². The van der Waals surface area contributed by atoms with E-state index in [1.165, 1.54) is 0 Å². The van der Waals surface area contributed by atoms with Crippen molar-refractivity contribution in [3.05, 3.63) is 12.1 Å². The summed E-state index contributed by atoms with van der Waals surface area (Å²) in [7, 11) is 0. The van der Waals surface area contributed by atoms with Crippen molar-refractivity contribution in [2.75, 3.05) is 13.1 Å². The lowest BCUT2D eigenvalue weighted by atomic mass is 10.2. The van der Waals surface area contributed by atoms with E-state index in [0.29, 0.717) is 4.73 Å². The zero-order valence-corrected chi connectivity index (χ0v) is 12.6. The SMILES string of the molecule is C#CCN(CC(=O)On1c(O)ccc1O)C(=O)OC(C)(C)C. The third-order valence-electron chi connectivity index (χ3n) is 2.24. The summed E-state index contributed by atoms with van der Waals surface area (Å²) in [6.45, 7) is 4.36. The van der Waals surface area contributed by atoms with Crippen molar-refractivity contribution in [1.82, 2.24) is 9.63 Å². The second kappa shape index (κ2) is 6.76. The Morgan fingerprint density at radius 1 is 1.32 bits per heavy atom. The lowest BCUT2D eigenvalue weighted by Gasteiger charge is -2.25. The summed E-state index contributed by atoms with van der Waals surface area (Å²) in [6, 6.07) is 2.27. The summed E-state index contributed by atoms with van der Waals surface area (Å²) in [5.74, 6) is 0.387. The number of hydrogen-bond donors (Lipinski definition) is 2. The number of hydrogen-bond acceptors (Lipinski definition) is 6. The van der Waals surface area contributed by atoms with Gasteiger partial charge in [-0.15, -0.1) is 11.2 Å². The molecule has 1 aromatic heterocycles. The second-order valence-electron chi connectivity index (χ2n) is 5.35. The van der Waals surface area contributed by atoms with Crippen LogP contribution in [-0.4, -0.2) is 50.6 Å². The summed E-state index contributed by atoms with van der Waals surface area (Å²) in [6.07, 6.45) is 4.38. The lowest BCUT2D eigenvalue weighted by Crippen LogP contribution is -2.42. The second-order valence-corrected chi connectivity index (χ2v) is 5.35. The van der Waals surface area contributed by atoms with Crippen molar-refractivity contribution < 1.29 is 29.4 Å². The first-order chi connectivity index (χ1) is 10.1. The Morgan fingerprint density at radius 2 is 1.86 bits per heavy atom. The van der Waals surface area contributed by atoms with Crippen LogP contribution in [0.15, 0.2) is 12.1 Å². The third kappa shape index (κ3) is 4.94. The molecule has 1 heterocycles. The minimum atomic E-state index is -0.914. The molecule has 0 radical (unpaired) electrons. The van der Waals surface area contributed by atoms with E-state index in [1.807, 2.05) is 0 Å². The van der Waals surface area contributed by atoms with Crippen LogP contribution in [0.25, 0.3) is 0 Å². The van der Waals surface area contributed by atoms with Gasteiger partial charge in [-0.05, 0) is 20.8 Å². The minimum Gasteiger partial charge on any atom is -0.492 e. The van der Waals surface area contributed by atoms with Gasteiger partial charge >= 0.3 is 12.1 Å². The van der Waals surface area contributed by atoms with Crippen LogP contribution >= 0.6 is 0 Å². The van der Waals surface area contributed by atoms with E-state index >= 15 is 0 Å². The first-order valence-electron chi connectivity index (χ1n) is 6.36. The van der Waals surface area contributed by atoms with Crippen molar-refractivity contribution >= 4 is 12.1 Å². The lowest BCUT2D eigenvalue weighted by molar-refractivity contribution is -0.146. The molecule has 1 aromatic rings. The van der Waals surface area contributed by atoms with Crippen molar-refractivity contribution in [2.24, 2.45) is 0 Å². The Balaban J connectivity index is 2.73. The van der Waals surface area contributed by atoms with E-state index in [1.54, 1.807) is 20.8 Å². The van der Waals surface area contributed by atoms with Gasteiger partial charge < -0.3 is 19.8 Å². The Morgan fingerprint density at radius 3 is 2.32 bits per heavy atom. The van der Waals surface area contributed by atoms with Crippen LogP contribution in [0.2, 0.25) is 0 Å². The summed E-state index contributed by atoms with van der Waals surface area (Å²) in [4.78, 5) is 29.4. The molecule has 8 nitrogen and oxygen atoms in total. The van der Waals surface area contributed by atoms with Crippen molar-refractivity contribution in [2.45, 2.75) is 26.4 Å². The smallest absolute Gasteiger partial charge is 0.411 e. The van der Waals surface area contributed by atoms with Gasteiger partial charge in [-0.1, -0.05) is 5.92 Å². The van der Waals surface area contributed by atoms with E-state index in [4.69, 9.17) is 16.0 Å².